The van der Waals surface area contributed by atoms with Crippen LogP contribution in [-0.4, -0.2) is 23.9 Å². The summed E-state index contributed by atoms with van der Waals surface area (Å²) in [6, 6.07) is 4.24. The lowest BCUT2D eigenvalue weighted by molar-refractivity contribution is 0.0706. The minimum absolute atomic E-state index is 0.0566. The van der Waals surface area contributed by atoms with Gasteiger partial charge in [-0.3, -0.25) is 4.79 Å². The van der Waals surface area contributed by atoms with E-state index in [-0.39, 0.29) is 17.6 Å². The van der Waals surface area contributed by atoms with Crippen molar-refractivity contribution in [3.8, 4) is 0 Å². The second kappa shape index (κ2) is 5.17. The molecular formula is C13H19FN2O. The summed E-state index contributed by atoms with van der Waals surface area (Å²) >= 11 is 0. The summed E-state index contributed by atoms with van der Waals surface area (Å²) < 4.78 is 13.3. The van der Waals surface area contributed by atoms with Crippen LogP contribution < -0.4 is 5.73 Å². The molecule has 0 aliphatic rings. The average molecular weight is 238 g/mol. The average Bonchev–Trinajstić information content (AvgIpc) is 2.29. The number of rotatable bonds is 3. The second-order valence-corrected chi connectivity index (χ2v) is 4.64. The van der Waals surface area contributed by atoms with Gasteiger partial charge in [-0.1, -0.05) is 13.8 Å². The molecule has 0 spiro atoms. The summed E-state index contributed by atoms with van der Waals surface area (Å²) in [5.41, 5.74) is 5.76. The normalized spacial score (nSPS) is 12.6. The molecule has 0 aliphatic heterocycles. The van der Waals surface area contributed by atoms with Crippen molar-refractivity contribution in [2.45, 2.75) is 26.8 Å². The quantitative estimate of drug-likeness (QED) is 0.822. The molecular weight excluding hydrogens is 219 g/mol. The van der Waals surface area contributed by atoms with Crippen molar-refractivity contribution in [2.24, 2.45) is 5.92 Å². The second-order valence-electron chi connectivity index (χ2n) is 4.64. The zero-order valence-electron chi connectivity index (χ0n) is 10.7. The fourth-order valence-electron chi connectivity index (χ4n) is 1.50. The Labute approximate surface area is 101 Å². The zero-order valence-corrected chi connectivity index (χ0v) is 10.7. The number of halogens is 1. The van der Waals surface area contributed by atoms with E-state index >= 15 is 0 Å². The first-order valence-corrected chi connectivity index (χ1v) is 5.66. The molecule has 17 heavy (non-hydrogen) atoms. The van der Waals surface area contributed by atoms with Gasteiger partial charge in [-0.05, 0) is 31.0 Å². The highest BCUT2D eigenvalue weighted by molar-refractivity contribution is 5.94. The minimum atomic E-state index is -0.554. The number of amides is 1. The van der Waals surface area contributed by atoms with Gasteiger partial charge in [-0.2, -0.15) is 0 Å². The third kappa shape index (κ3) is 2.96. The van der Waals surface area contributed by atoms with Gasteiger partial charge in [-0.25, -0.2) is 4.39 Å². The Morgan fingerprint density at radius 3 is 2.41 bits per heavy atom. The van der Waals surface area contributed by atoms with E-state index in [0.29, 0.717) is 11.5 Å². The van der Waals surface area contributed by atoms with Crippen molar-refractivity contribution in [2.75, 3.05) is 12.8 Å². The Morgan fingerprint density at radius 2 is 1.94 bits per heavy atom. The van der Waals surface area contributed by atoms with Crippen LogP contribution in [0, 0.1) is 11.7 Å². The van der Waals surface area contributed by atoms with Crippen LogP contribution in [0.25, 0.3) is 0 Å². The fraction of sp³-hybridized carbons (Fsp3) is 0.462. The van der Waals surface area contributed by atoms with Crippen LogP contribution in [0.2, 0.25) is 0 Å². The molecule has 0 bridgehead atoms. The number of anilines is 1. The predicted octanol–water partition coefficient (Wildman–Crippen LogP) is 2.52. The maximum Gasteiger partial charge on any atom is 0.253 e. The highest BCUT2D eigenvalue weighted by Gasteiger charge is 2.20. The lowest BCUT2D eigenvalue weighted by Gasteiger charge is -2.28. The number of hydrogen-bond donors (Lipinski definition) is 1. The topological polar surface area (TPSA) is 46.3 Å². The van der Waals surface area contributed by atoms with E-state index in [0.717, 1.165) is 0 Å². The number of carbonyl (C=O) groups is 1. The molecule has 1 rings (SSSR count). The monoisotopic (exact) mass is 238 g/mol. The number of nitrogen functional groups attached to an aromatic ring is 1. The van der Waals surface area contributed by atoms with E-state index in [1.807, 2.05) is 20.8 Å². The third-order valence-corrected chi connectivity index (χ3v) is 3.14. The number of nitrogens with two attached hydrogens (primary N) is 1. The molecule has 2 N–H and O–H groups in total. The summed E-state index contributed by atoms with van der Waals surface area (Å²) in [6.45, 7) is 6.05. The minimum Gasteiger partial charge on any atom is -0.396 e. The van der Waals surface area contributed by atoms with E-state index < -0.39 is 5.82 Å². The molecule has 4 heteroatoms. The molecule has 94 valence electrons. The number of hydrogen-bond acceptors (Lipinski definition) is 2. The van der Waals surface area contributed by atoms with Gasteiger partial charge in [0.05, 0.1) is 5.69 Å². The third-order valence-electron chi connectivity index (χ3n) is 3.14. The van der Waals surface area contributed by atoms with Gasteiger partial charge in [0, 0.05) is 18.7 Å². The summed E-state index contributed by atoms with van der Waals surface area (Å²) in [6.07, 6.45) is 0. The standard InChI is InChI=1S/C13H19FN2O/c1-8(2)9(3)16(4)13(17)10-5-6-12(15)11(14)7-10/h5-9H,15H2,1-4H3. The first-order valence-electron chi connectivity index (χ1n) is 5.66. The van der Waals surface area contributed by atoms with E-state index in [1.54, 1.807) is 18.0 Å². The summed E-state index contributed by atoms with van der Waals surface area (Å²) in [7, 11) is 1.72. The van der Waals surface area contributed by atoms with Crippen LogP contribution in [0.3, 0.4) is 0 Å². The molecule has 0 saturated carbocycles. The highest BCUT2D eigenvalue weighted by Crippen LogP contribution is 2.16. The summed E-state index contributed by atoms with van der Waals surface area (Å²) in [4.78, 5) is 13.7. The van der Waals surface area contributed by atoms with Gasteiger partial charge in [0.25, 0.3) is 5.91 Å². The Balaban J connectivity index is 2.92. The van der Waals surface area contributed by atoms with Crippen LogP contribution in [0.5, 0.6) is 0 Å². The molecule has 0 fully saturated rings. The van der Waals surface area contributed by atoms with Crippen molar-refractivity contribution in [3.05, 3.63) is 29.6 Å². The van der Waals surface area contributed by atoms with Gasteiger partial charge >= 0.3 is 0 Å². The zero-order chi connectivity index (χ0) is 13.2. The molecule has 0 saturated heterocycles. The lowest BCUT2D eigenvalue weighted by atomic mass is 10.0. The van der Waals surface area contributed by atoms with E-state index in [2.05, 4.69) is 0 Å². The van der Waals surface area contributed by atoms with Gasteiger partial charge in [-0.15, -0.1) is 0 Å². The maximum absolute atomic E-state index is 13.3. The Kier molecular flexibility index (Phi) is 4.10. The molecule has 0 aromatic heterocycles. The van der Waals surface area contributed by atoms with Gasteiger partial charge < -0.3 is 10.6 Å². The highest BCUT2D eigenvalue weighted by atomic mass is 19.1. The fourth-order valence-corrected chi connectivity index (χ4v) is 1.50. The largest absolute Gasteiger partial charge is 0.396 e. The molecule has 0 heterocycles. The van der Waals surface area contributed by atoms with Gasteiger partial charge in [0.2, 0.25) is 0 Å². The molecule has 3 nitrogen and oxygen atoms in total. The van der Waals surface area contributed by atoms with Crippen molar-refractivity contribution in [1.82, 2.24) is 4.90 Å². The molecule has 1 aromatic carbocycles. The Morgan fingerprint density at radius 1 is 1.35 bits per heavy atom. The van der Waals surface area contributed by atoms with Crippen LogP contribution in [0.15, 0.2) is 18.2 Å². The predicted molar refractivity (Wildman–Crippen MR) is 67.2 cm³/mol. The van der Waals surface area contributed by atoms with Gasteiger partial charge in [0.15, 0.2) is 0 Å². The summed E-state index contributed by atoms with van der Waals surface area (Å²) in [5.74, 6) is -0.394. The van der Waals surface area contributed by atoms with Crippen molar-refractivity contribution >= 4 is 11.6 Å². The van der Waals surface area contributed by atoms with E-state index in [4.69, 9.17) is 5.73 Å². The number of nitrogens with zero attached hydrogens (tertiary/aromatic N) is 1. The number of benzene rings is 1. The van der Waals surface area contributed by atoms with E-state index in [1.165, 1.54) is 12.1 Å². The van der Waals surface area contributed by atoms with E-state index in [9.17, 15) is 9.18 Å². The Bertz CT molecular complexity index is 418. The van der Waals surface area contributed by atoms with Crippen molar-refractivity contribution < 1.29 is 9.18 Å². The van der Waals surface area contributed by atoms with Crippen LogP contribution in [-0.2, 0) is 0 Å². The molecule has 1 aromatic rings. The smallest absolute Gasteiger partial charge is 0.253 e. The van der Waals surface area contributed by atoms with Crippen LogP contribution in [0.1, 0.15) is 31.1 Å². The van der Waals surface area contributed by atoms with Crippen molar-refractivity contribution in [1.29, 1.82) is 0 Å². The molecule has 1 amide bonds. The maximum atomic E-state index is 13.3. The first-order chi connectivity index (χ1) is 7.84. The number of carbonyl (C=O) groups excluding carboxylic acids is 1. The van der Waals surface area contributed by atoms with Crippen LogP contribution >= 0.6 is 0 Å². The van der Waals surface area contributed by atoms with Crippen molar-refractivity contribution in [3.63, 3.8) is 0 Å². The Hall–Kier alpha value is -1.58. The SMILES string of the molecule is CC(C)C(C)N(C)C(=O)c1ccc(N)c(F)c1. The molecule has 1 atom stereocenters. The molecule has 0 aliphatic carbocycles. The molecule has 1 unspecified atom stereocenters. The molecule has 0 radical (unpaired) electrons. The lowest BCUT2D eigenvalue weighted by Crippen LogP contribution is -2.38. The summed E-state index contributed by atoms with van der Waals surface area (Å²) in [5, 5.41) is 0. The first kappa shape index (κ1) is 13.5. The van der Waals surface area contributed by atoms with Gasteiger partial charge in [0.1, 0.15) is 5.82 Å². The van der Waals surface area contributed by atoms with Crippen LogP contribution in [0.4, 0.5) is 10.1 Å².